The number of piperidine rings is 1. The van der Waals surface area contributed by atoms with Gasteiger partial charge in [-0.3, -0.25) is 4.90 Å². The zero-order valence-electron chi connectivity index (χ0n) is 12.0. The van der Waals surface area contributed by atoms with E-state index in [1.807, 2.05) is 0 Å². The Bertz CT molecular complexity index is 249. The van der Waals surface area contributed by atoms with E-state index in [4.69, 9.17) is 4.74 Å². The molecule has 3 atom stereocenters. The maximum atomic E-state index is 5.58. The summed E-state index contributed by atoms with van der Waals surface area (Å²) in [5.41, 5.74) is 0.391. The van der Waals surface area contributed by atoms with Gasteiger partial charge in [0.05, 0.1) is 18.8 Å². The van der Waals surface area contributed by atoms with Gasteiger partial charge in [-0.2, -0.15) is 0 Å². The van der Waals surface area contributed by atoms with E-state index < -0.39 is 0 Å². The molecule has 2 aliphatic rings. The number of hydrogen-bond acceptors (Lipinski definition) is 2. The van der Waals surface area contributed by atoms with Gasteiger partial charge in [0.2, 0.25) is 0 Å². The van der Waals surface area contributed by atoms with E-state index in [-0.39, 0.29) is 0 Å². The highest BCUT2D eigenvalue weighted by Gasteiger charge is 2.53. The fourth-order valence-corrected chi connectivity index (χ4v) is 3.97. The molecule has 0 amide bonds. The molecule has 0 aliphatic carbocycles. The standard InChI is InChI=1S/C15H29NO/c1-5-7-14-13(12(3)6-2)8-9-16(4)15(14)10-17-11-15/h12-14H,5-11H2,1-4H3. The van der Waals surface area contributed by atoms with Crippen LogP contribution in [-0.4, -0.2) is 37.2 Å². The molecule has 2 rings (SSSR count). The molecule has 2 heterocycles. The Morgan fingerprint density at radius 3 is 2.53 bits per heavy atom. The molecule has 2 saturated heterocycles. The van der Waals surface area contributed by atoms with E-state index in [1.54, 1.807) is 0 Å². The zero-order chi connectivity index (χ0) is 12.5. The molecule has 2 aliphatic heterocycles. The van der Waals surface area contributed by atoms with Gasteiger partial charge in [-0.15, -0.1) is 0 Å². The highest BCUT2D eigenvalue weighted by molar-refractivity contribution is 5.06. The van der Waals surface area contributed by atoms with Gasteiger partial charge in [0.1, 0.15) is 0 Å². The second kappa shape index (κ2) is 5.27. The van der Waals surface area contributed by atoms with Gasteiger partial charge in [0.25, 0.3) is 0 Å². The van der Waals surface area contributed by atoms with Gasteiger partial charge in [-0.25, -0.2) is 0 Å². The van der Waals surface area contributed by atoms with Crippen molar-refractivity contribution in [1.82, 2.24) is 4.90 Å². The molecule has 0 aromatic heterocycles. The third-order valence-corrected chi connectivity index (χ3v) is 5.44. The average Bonchev–Trinajstić information content (AvgIpc) is 2.27. The predicted molar refractivity (Wildman–Crippen MR) is 72.1 cm³/mol. The maximum absolute atomic E-state index is 5.58. The topological polar surface area (TPSA) is 12.5 Å². The van der Waals surface area contributed by atoms with Crippen molar-refractivity contribution in [3.8, 4) is 0 Å². The molecule has 0 N–H and O–H groups in total. The van der Waals surface area contributed by atoms with Gasteiger partial charge in [-0.05, 0) is 44.2 Å². The molecule has 17 heavy (non-hydrogen) atoms. The van der Waals surface area contributed by atoms with E-state index in [0.717, 1.165) is 31.0 Å². The van der Waals surface area contributed by atoms with E-state index in [1.165, 1.54) is 32.2 Å². The third-order valence-electron chi connectivity index (χ3n) is 5.44. The maximum Gasteiger partial charge on any atom is 0.0707 e. The average molecular weight is 239 g/mol. The van der Waals surface area contributed by atoms with Crippen molar-refractivity contribution >= 4 is 0 Å². The van der Waals surface area contributed by atoms with Crippen molar-refractivity contribution in [2.45, 2.75) is 52.0 Å². The minimum absolute atomic E-state index is 0.391. The first kappa shape index (κ1) is 13.4. The van der Waals surface area contributed by atoms with E-state index >= 15 is 0 Å². The Morgan fingerprint density at radius 2 is 2.06 bits per heavy atom. The first-order chi connectivity index (χ1) is 8.15. The smallest absolute Gasteiger partial charge is 0.0707 e. The number of ether oxygens (including phenoxy) is 1. The summed E-state index contributed by atoms with van der Waals surface area (Å²) >= 11 is 0. The van der Waals surface area contributed by atoms with Crippen LogP contribution in [0.2, 0.25) is 0 Å². The molecule has 2 heteroatoms. The Labute approximate surface area is 107 Å². The Morgan fingerprint density at radius 1 is 1.35 bits per heavy atom. The lowest BCUT2D eigenvalue weighted by Crippen LogP contribution is -2.69. The summed E-state index contributed by atoms with van der Waals surface area (Å²) in [4.78, 5) is 2.59. The van der Waals surface area contributed by atoms with Gasteiger partial charge >= 0.3 is 0 Å². The molecule has 3 unspecified atom stereocenters. The summed E-state index contributed by atoms with van der Waals surface area (Å²) in [6.45, 7) is 10.3. The first-order valence-corrected chi connectivity index (χ1v) is 7.44. The van der Waals surface area contributed by atoms with Crippen molar-refractivity contribution in [2.24, 2.45) is 17.8 Å². The van der Waals surface area contributed by atoms with Crippen LogP contribution in [0.3, 0.4) is 0 Å². The molecule has 100 valence electrons. The second-order valence-corrected chi connectivity index (χ2v) is 6.25. The van der Waals surface area contributed by atoms with Crippen LogP contribution in [0.4, 0.5) is 0 Å². The van der Waals surface area contributed by atoms with Crippen molar-refractivity contribution in [3.63, 3.8) is 0 Å². The van der Waals surface area contributed by atoms with Crippen molar-refractivity contribution in [1.29, 1.82) is 0 Å². The van der Waals surface area contributed by atoms with E-state index in [0.29, 0.717) is 5.54 Å². The summed E-state index contributed by atoms with van der Waals surface area (Å²) in [7, 11) is 2.30. The summed E-state index contributed by atoms with van der Waals surface area (Å²) < 4.78 is 5.58. The number of nitrogens with zero attached hydrogens (tertiary/aromatic N) is 1. The Hall–Kier alpha value is -0.0800. The monoisotopic (exact) mass is 239 g/mol. The van der Waals surface area contributed by atoms with Crippen molar-refractivity contribution < 1.29 is 4.74 Å². The minimum atomic E-state index is 0.391. The molecule has 0 aromatic carbocycles. The summed E-state index contributed by atoms with van der Waals surface area (Å²) in [6.07, 6.45) is 5.40. The predicted octanol–water partition coefficient (Wildman–Crippen LogP) is 3.17. The molecular formula is C15H29NO. The fourth-order valence-electron chi connectivity index (χ4n) is 3.97. The van der Waals surface area contributed by atoms with Crippen molar-refractivity contribution in [3.05, 3.63) is 0 Å². The van der Waals surface area contributed by atoms with Gasteiger partial charge in [0.15, 0.2) is 0 Å². The molecular weight excluding hydrogens is 210 g/mol. The van der Waals surface area contributed by atoms with Gasteiger partial charge in [0, 0.05) is 0 Å². The molecule has 0 saturated carbocycles. The summed E-state index contributed by atoms with van der Waals surface area (Å²) in [6, 6.07) is 0. The number of likely N-dealkylation sites (tertiary alicyclic amines) is 1. The highest BCUT2D eigenvalue weighted by Crippen LogP contribution is 2.47. The minimum Gasteiger partial charge on any atom is -0.377 e. The quantitative estimate of drug-likeness (QED) is 0.747. The highest BCUT2D eigenvalue weighted by atomic mass is 16.5. The number of rotatable bonds is 4. The summed E-state index contributed by atoms with van der Waals surface area (Å²) in [5.74, 6) is 2.65. The van der Waals surface area contributed by atoms with Crippen LogP contribution < -0.4 is 0 Å². The second-order valence-electron chi connectivity index (χ2n) is 6.25. The van der Waals surface area contributed by atoms with Crippen LogP contribution >= 0.6 is 0 Å². The largest absolute Gasteiger partial charge is 0.377 e. The normalized spacial score (nSPS) is 34.6. The Kier molecular flexibility index (Phi) is 4.14. The van der Waals surface area contributed by atoms with E-state index in [2.05, 4.69) is 32.7 Å². The van der Waals surface area contributed by atoms with Crippen molar-refractivity contribution in [2.75, 3.05) is 26.8 Å². The lowest BCUT2D eigenvalue weighted by Gasteiger charge is -2.59. The first-order valence-electron chi connectivity index (χ1n) is 7.44. The van der Waals surface area contributed by atoms with Crippen LogP contribution in [0.15, 0.2) is 0 Å². The zero-order valence-corrected chi connectivity index (χ0v) is 12.0. The lowest BCUT2D eigenvalue weighted by molar-refractivity contribution is -0.196. The van der Waals surface area contributed by atoms with Crippen LogP contribution in [0, 0.1) is 17.8 Å². The number of hydrogen-bond donors (Lipinski definition) is 0. The van der Waals surface area contributed by atoms with E-state index in [9.17, 15) is 0 Å². The fraction of sp³-hybridized carbons (Fsp3) is 1.00. The van der Waals surface area contributed by atoms with Crippen LogP contribution in [0.5, 0.6) is 0 Å². The van der Waals surface area contributed by atoms with Crippen LogP contribution in [-0.2, 0) is 4.74 Å². The third kappa shape index (κ3) is 2.15. The molecule has 0 bridgehead atoms. The lowest BCUT2D eigenvalue weighted by atomic mass is 9.63. The molecule has 2 fully saturated rings. The summed E-state index contributed by atoms with van der Waals surface area (Å²) in [5, 5.41) is 0. The van der Waals surface area contributed by atoms with Gasteiger partial charge < -0.3 is 4.74 Å². The van der Waals surface area contributed by atoms with Crippen LogP contribution in [0.25, 0.3) is 0 Å². The Balaban J connectivity index is 2.17. The van der Waals surface area contributed by atoms with Crippen LogP contribution in [0.1, 0.15) is 46.5 Å². The molecule has 2 nitrogen and oxygen atoms in total. The molecule has 0 radical (unpaired) electrons. The molecule has 0 aromatic rings. The SMILES string of the molecule is CCCC1C(C(C)CC)CCN(C)C12COC2. The van der Waals surface area contributed by atoms with Gasteiger partial charge in [-0.1, -0.05) is 33.6 Å². The molecule has 1 spiro atoms. The number of likely N-dealkylation sites (N-methyl/N-ethyl adjacent to an activating group) is 1.